The van der Waals surface area contributed by atoms with Crippen molar-refractivity contribution in [2.45, 2.75) is 5.92 Å². The number of allylic oxidation sites excluding steroid dienone is 1. The second-order valence-corrected chi connectivity index (χ2v) is 8.00. The molecular formula is C24H18N4O3S. The molecule has 4 rings (SSSR count). The lowest BCUT2D eigenvalue weighted by molar-refractivity contribution is 0.414. The summed E-state index contributed by atoms with van der Waals surface area (Å²) in [6, 6.07) is 18.7. The number of nitriles is 2. The highest BCUT2D eigenvalue weighted by Crippen LogP contribution is 2.36. The summed E-state index contributed by atoms with van der Waals surface area (Å²) in [6.45, 7) is 0. The second-order valence-electron chi connectivity index (χ2n) is 6.97. The summed E-state index contributed by atoms with van der Waals surface area (Å²) in [5.74, 6) is 0.737. The van der Waals surface area contributed by atoms with E-state index in [4.69, 9.17) is 15.2 Å². The summed E-state index contributed by atoms with van der Waals surface area (Å²) in [6.07, 6.45) is 1.73. The highest BCUT2D eigenvalue weighted by atomic mass is 32.1. The predicted molar refractivity (Wildman–Crippen MR) is 122 cm³/mol. The van der Waals surface area contributed by atoms with Crippen molar-refractivity contribution in [1.29, 1.82) is 10.5 Å². The fourth-order valence-electron chi connectivity index (χ4n) is 3.63. The van der Waals surface area contributed by atoms with E-state index in [1.165, 1.54) is 15.9 Å². The Hall–Kier alpha value is -4.27. The van der Waals surface area contributed by atoms with Gasteiger partial charge in [-0.3, -0.25) is 9.36 Å². The Morgan fingerprint density at radius 2 is 1.53 bits per heavy atom. The molecule has 3 aromatic rings. The quantitative estimate of drug-likeness (QED) is 0.660. The molecule has 0 fully saturated rings. The summed E-state index contributed by atoms with van der Waals surface area (Å²) in [5.41, 5.74) is 7.91. The van der Waals surface area contributed by atoms with E-state index in [1.807, 2.05) is 12.1 Å². The molecule has 0 bridgehead atoms. The van der Waals surface area contributed by atoms with Crippen LogP contribution in [0.4, 0.5) is 0 Å². The van der Waals surface area contributed by atoms with Gasteiger partial charge in [-0.25, -0.2) is 0 Å². The first kappa shape index (κ1) is 21.0. The topological polar surface area (TPSA) is 114 Å². The molecular weight excluding hydrogens is 424 g/mol. The SMILES string of the molecule is COc1ccc(/C=c2\sc3n(c2=O)C(N)=C(C#N)[C@@H](c2ccc(OC)cc2)C=3C#N)cc1. The van der Waals surface area contributed by atoms with Gasteiger partial charge in [-0.15, -0.1) is 11.3 Å². The van der Waals surface area contributed by atoms with Gasteiger partial charge in [0.05, 0.1) is 48.0 Å². The Balaban J connectivity index is 1.97. The van der Waals surface area contributed by atoms with Crippen LogP contribution in [0.15, 0.2) is 58.9 Å². The highest BCUT2D eigenvalue weighted by Gasteiger charge is 2.32. The van der Waals surface area contributed by atoms with E-state index in [-0.39, 0.29) is 17.0 Å². The summed E-state index contributed by atoms with van der Waals surface area (Å²) >= 11 is 1.18. The number of methoxy groups -OCH3 is 2. The van der Waals surface area contributed by atoms with E-state index in [2.05, 4.69) is 12.1 Å². The Morgan fingerprint density at radius 1 is 0.969 bits per heavy atom. The molecule has 2 heterocycles. The maximum atomic E-state index is 13.2. The summed E-state index contributed by atoms with van der Waals surface area (Å²) < 4.78 is 12.5. The molecule has 7 nitrogen and oxygen atoms in total. The molecule has 0 saturated carbocycles. The zero-order valence-electron chi connectivity index (χ0n) is 17.3. The van der Waals surface area contributed by atoms with Crippen LogP contribution in [0.2, 0.25) is 0 Å². The van der Waals surface area contributed by atoms with Crippen LogP contribution in [0.25, 0.3) is 17.5 Å². The Labute approximate surface area is 187 Å². The number of thiazole rings is 1. The highest BCUT2D eigenvalue weighted by molar-refractivity contribution is 7.07. The van der Waals surface area contributed by atoms with E-state index in [1.54, 1.807) is 56.7 Å². The molecule has 0 unspecified atom stereocenters. The van der Waals surface area contributed by atoms with E-state index in [0.29, 0.717) is 26.3 Å². The van der Waals surface area contributed by atoms with Gasteiger partial charge < -0.3 is 15.2 Å². The largest absolute Gasteiger partial charge is 0.497 e. The molecule has 0 amide bonds. The van der Waals surface area contributed by atoms with Gasteiger partial charge in [-0.2, -0.15) is 10.5 Å². The Kier molecular flexibility index (Phi) is 5.55. The molecule has 2 N–H and O–H groups in total. The van der Waals surface area contributed by atoms with Crippen molar-refractivity contribution in [1.82, 2.24) is 4.57 Å². The third-order valence-corrected chi connectivity index (χ3v) is 6.36. The molecule has 8 heteroatoms. The summed E-state index contributed by atoms with van der Waals surface area (Å²) in [5, 5.41) is 19.8. The molecule has 0 aliphatic carbocycles. The van der Waals surface area contributed by atoms with Gasteiger partial charge in [0.15, 0.2) is 0 Å². The van der Waals surface area contributed by atoms with Crippen molar-refractivity contribution in [3.8, 4) is 23.6 Å². The normalized spacial score (nSPS) is 15.7. The maximum absolute atomic E-state index is 13.2. The number of ether oxygens (including phenoxy) is 2. The van der Waals surface area contributed by atoms with Crippen molar-refractivity contribution in [3.05, 3.63) is 84.8 Å². The Morgan fingerprint density at radius 3 is 2.06 bits per heavy atom. The van der Waals surface area contributed by atoms with Gasteiger partial charge in [-0.1, -0.05) is 24.3 Å². The van der Waals surface area contributed by atoms with E-state index < -0.39 is 5.92 Å². The number of hydrogen-bond donors (Lipinski definition) is 1. The number of hydrogen-bond acceptors (Lipinski definition) is 7. The fourth-order valence-corrected chi connectivity index (χ4v) is 4.76. The van der Waals surface area contributed by atoms with Crippen molar-refractivity contribution < 1.29 is 9.47 Å². The molecule has 0 spiro atoms. The van der Waals surface area contributed by atoms with E-state index in [9.17, 15) is 15.3 Å². The van der Waals surface area contributed by atoms with Crippen molar-refractivity contribution in [3.63, 3.8) is 0 Å². The number of fused-ring (bicyclic) bond motifs is 1. The average molecular weight is 443 g/mol. The first-order valence-electron chi connectivity index (χ1n) is 9.58. The van der Waals surface area contributed by atoms with Crippen molar-refractivity contribution >= 4 is 28.8 Å². The van der Waals surface area contributed by atoms with Crippen LogP contribution in [-0.2, 0) is 0 Å². The molecule has 158 valence electrons. The number of rotatable bonds is 4. The first-order valence-corrected chi connectivity index (χ1v) is 10.4. The lowest BCUT2D eigenvalue weighted by Gasteiger charge is -2.22. The summed E-state index contributed by atoms with van der Waals surface area (Å²) in [4.78, 5) is 13.2. The van der Waals surface area contributed by atoms with Crippen molar-refractivity contribution in [2.75, 3.05) is 14.2 Å². The Bertz CT molecular complexity index is 1480. The number of benzene rings is 2. The molecule has 2 aromatic carbocycles. The minimum atomic E-state index is -0.664. The van der Waals surface area contributed by atoms with Crippen LogP contribution in [-0.4, -0.2) is 18.8 Å². The number of nitrogens with two attached hydrogens (primary N) is 1. The van der Waals surface area contributed by atoms with Crippen LogP contribution in [0.5, 0.6) is 11.5 Å². The molecule has 32 heavy (non-hydrogen) atoms. The predicted octanol–water partition coefficient (Wildman–Crippen LogP) is 1.88. The third kappa shape index (κ3) is 3.43. The molecule has 0 saturated heterocycles. The zero-order valence-corrected chi connectivity index (χ0v) is 18.1. The van der Waals surface area contributed by atoms with Gasteiger partial charge in [0, 0.05) is 0 Å². The minimum Gasteiger partial charge on any atom is -0.497 e. The number of nitrogens with zero attached hydrogens (tertiary/aromatic N) is 3. The van der Waals surface area contributed by atoms with Gasteiger partial charge in [0.1, 0.15) is 22.0 Å². The van der Waals surface area contributed by atoms with Crippen LogP contribution in [0.3, 0.4) is 0 Å². The second kappa shape index (κ2) is 8.46. The fraction of sp³-hybridized carbons (Fsp3) is 0.125. The third-order valence-electron chi connectivity index (χ3n) is 5.25. The average Bonchev–Trinajstić information content (AvgIpc) is 3.15. The molecule has 1 aliphatic rings. The van der Waals surface area contributed by atoms with Gasteiger partial charge in [-0.05, 0) is 41.5 Å². The molecule has 1 aromatic heterocycles. The van der Waals surface area contributed by atoms with E-state index in [0.717, 1.165) is 11.1 Å². The van der Waals surface area contributed by atoms with Crippen LogP contribution < -0.4 is 30.0 Å². The monoisotopic (exact) mass is 442 g/mol. The lowest BCUT2D eigenvalue weighted by Crippen LogP contribution is -2.38. The van der Waals surface area contributed by atoms with Gasteiger partial charge in [0.2, 0.25) is 0 Å². The van der Waals surface area contributed by atoms with Crippen LogP contribution in [0, 0.1) is 22.7 Å². The van der Waals surface area contributed by atoms with Crippen LogP contribution >= 0.6 is 11.3 Å². The number of aromatic nitrogens is 1. The molecule has 1 atom stereocenters. The zero-order chi connectivity index (χ0) is 22.8. The van der Waals surface area contributed by atoms with Gasteiger partial charge >= 0.3 is 0 Å². The van der Waals surface area contributed by atoms with Crippen molar-refractivity contribution in [2.24, 2.45) is 5.73 Å². The van der Waals surface area contributed by atoms with E-state index >= 15 is 0 Å². The van der Waals surface area contributed by atoms with Crippen LogP contribution in [0.1, 0.15) is 17.0 Å². The van der Waals surface area contributed by atoms with Gasteiger partial charge in [0.25, 0.3) is 5.56 Å². The minimum absolute atomic E-state index is 0.0398. The maximum Gasteiger partial charge on any atom is 0.274 e. The lowest BCUT2D eigenvalue weighted by atomic mass is 9.84. The standard InChI is InChI=1S/C24H18N4O3S/c1-30-16-7-3-14(4-8-16)11-20-23(29)28-22(27)18(12-25)21(19(13-26)24(28)32-20)15-5-9-17(31-2)10-6-15/h3-11,21H,27H2,1-2H3/b20-11-/t21-/m1/s1. The molecule has 1 aliphatic heterocycles. The smallest absolute Gasteiger partial charge is 0.274 e. The summed E-state index contributed by atoms with van der Waals surface area (Å²) in [7, 11) is 3.14. The molecule has 0 radical (unpaired) electrons. The first-order chi connectivity index (χ1) is 15.5.